The van der Waals surface area contributed by atoms with Gasteiger partial charge in [0.05, 0.1) is 11.6 Å². The summed E-state index contributed by atoms with van der Waals surface area (Å²) in [6, 6.07) is 7.04. The number of nitrogens with two attached hydrogens (primary N) is 1. The molecule has 1 saturated carbocycles. The normalized spacial score (nSPS) is 24.4. The van der Waals surface area contributed by atoms with Crippen LogP contribution in [-0.4, -0.2) is 19.2 Å². The van der Waals surface area contributed by atoms with Crippen LogP contribution < -0.4 is 15.8 Å². The fourth-order valence-electron chi connectivity index (χ4n) is 2.25. The highest BCUT2D eigenvalue weighted by Crippen LogP contribution is 2.29. The topological polar surface area (TPSA) is 47.3 Å². The summed E-state index contributed by atoms with van der Waals surface area (Å²) in [5, 5.41) is 3.55. The van der Waals surface area contributed by atoms with Crippen molar-refractivity contribution in [3.8, 4) is 5.75 Å². The molecule has 17 heavy (non-hydrogen) atoms. The second kappa shape index (κ2) is 5.74. The van der Waals surface area contributed by atoms with Crippen LogP contribution in [0, 0.1) is 0 Å². The molecule has 3 nitrogen and oxygen atoms in total. The van der Waals surface area contributed by atoms with E-state index in [4.69, 9.17) is 10.5 Å². The molecule has 0 atom stereocenters. The smallest absolute Gasteiger partial charge is 0.135 e. The number of nitrogens with one attached hydrogen (secondary N) is 1. The maximum atomic E-state index is 5.90. The Morgan fingerprint density at radius 2 is 2.00 bits per heavy atom. The molecule has 1 aliphatic carbocycles. The number of hydrogen-bond donors (Lipinski definition) is 2. The minimum Gasteiger partial charge on any atom is -0.495 e. The first-order valence-corrected chi connectivity index (χ1v) is 6.84. The number of anilines is 1. The van der Waals surface area contributed by atoms with Crippen molar-refractivity contribution < 1.29 is 4.74 Å². The van der Waals surface area contributed by atoms with Crippen molar-refractivity contribution in [2.24, 2.45) is 5.73 Å². The molecule has 0 heterocycles. The van der Waals surface area contributed by atoms with Gasteiger partial charge in [0.15, 0.2) is 0 Å². The molecule has 2 rings (SSSR count). The van der Waals surface area contributed by atoms with E-state index in [1.54, 1.807) is 7.11 Å². The van der Waals surface area contributed by atoms with E-state index in [-0.39, 0.29) is 0 Å². The van der Waals surface area contributed by atoms with Crippen molar-refractivity contribution >= 4 is 21.6 Å². The minimum atomic E-state index is 0.396. The van der Waals surface area contributed by atoms with E-state index < -0.39 is 0 Å². The third-order valence-corrected chi connectivity index (χ3v) is 3.95. The molecule has 0 bridgehead atoms. The Morgan fingerprint density at radius 3 is 2.65 bits per heavy atom. The zero-order valence-electron chi connectivity index (χ0n) is 10.1. The fourth-order valence-corrected chi connectivity index (χ4v) is 2.66. The molecule has 3 N–H and O–H groups in total. The van der Waals surface area contributed by atoms with E-state index in [0.29, 0.717) is 12.1 Å². The van der Waals surface area contributed by atoms with Gasteiger partial charge in [0.25, 0.3) is 0 Å². The largest absolute Gasteiger partial charge is 0.495 e. The molecule has 0 saturated heterocycles. The Bertz CT molecular complexity index is 376. The van der Waals surface area contributed by atoms with Gasteiger partial charge in [-0.2, -0.15) is 0 Å². The Balaban J connectivity index is 1.99. The molecule has 1 fully saturated rings. The number of rotatable bonds is 3. The SMILES string of the molecule is COc1cc(NC2CCC(N)CC2)ccc1Br. The van der Waals surface area contributed by atoms with Crippen molar-refractivity contribution in [2.75, 3.05) is 12.4 Å². The van der Waals surface area contributed by atoms with Crippen LogP contribution in [0.25, 0.3) is 0 Å². The third-order valence-electron chi connectivity index (χ3n) is 3.29. The number of methoxy groups -OCH3 is 1. The lowest BCUT2D eigenvalue weighted by atomic mass is 9.92. The number of benzene rings is 1. The van der Waals surface area contributed by atoms with E-state index in [1.165, 1.54) is 0 Å². The van der Waals surface area contributed by atoms with Crippen LogP contribution in [0.4, 0.5) is 5.69 Å². The summed E-state index contributed by atoms with van der Waals surface area (Å²) in [4.78, 5) is 0. The predicted molar refractivity (Wildman–Crippen MR) is 74.5 cm³/mol. The molecule has 0 spiro atoms. The summed E-state index contributed by atoms with van der Waals surface area (Å²) in [6.45, 7) is 0. The van der Waals surface area contributed by atoms with Gasteiger partial charge in [-0.15, -0.1) is 0 Å². The highest BCUT2D eigenvalue weighted by molar-refractivity contribution is 9.10. The summed E-state index contributed by atoms with van der Waals surface area (Å²) < 4.78 is 6.27. The molecular weight excluding hydrogens is 280 g/mol. The van der Waals surface area contributed by atoms with Gasteiger partial charge in [0, 0.05) is 23.8 Å². The van der Waals surface area contributed by atoms with Gasteiger partial charge < -0.3 is 15.8 Å². The molecular formula is C13H19BrN2O. The van der Waals surface area contributed by atoms with Crippen molar-refractivity contribution in [3.05, 3.63) is 22.7 Å². The second-order valence-corrected chi connectivity index (χ2v) is 5.46. The predicted octanol–water partition coefficient (Wildman–Crippen LogP) is 3.14. The molecule has 1 aromatic carbocycles. The molecule has 1 aromatic rings. The number of ether oxygens (including phenoxy) is 1. The van der Waals surface area contributed by atoms with Crippen LogP contribution in [0.15, 0.2) is 22.7 Å². The van der Waals surface area contributed by atoms with E-state index in [0.717, 1.165) is 41.6 Å². The molecule has 0 aliphatic heterocycles. The van der Waals surface area contributed by atoms with Crippen LogP contribution >= 0.6 is 15.9 Å². The Morgan fingerprint density at radius 1 is 1.29 bits per heavy atom. The first-order valence-electron chi connectivity index (χ1n) is 6.04. The number of hydrogen-bond acceptors (Lipinski definition) is 3. The Kier molecular flexibility index (Phi) is 4.29. The van der Waals surface area contributed by atoms with Crippen molar-refractivity contribution in [1.29, 1.82) is 0 Å². The molecule has 94 valence electrons. The average molecular weight is 299 g/mol. The monoisotopic (exact) mass is 298 g/mol. The van der Waals surface area contributed by atoms with Crippen LogP contribution in [0.1, 0.15) is 25.7 Å². The van der Waals surface area contributed by atoms with Crippen LogP contribution in [-0.2, 0) is 0 Å². The van der Waals surface area contributed by atoms with E-state index in [2.05, 4.69) is 27.3 Å². The van der Waals surface area contributed by atoms with Gasteiger partial charge in [0.1, 0.15) is 5.75 Å². The lowest BCUT2D eigenvalue weighted by Gasteiger charge is -2.27. The van der Waals surface area contributed by atoms with Crippen molar-refractivity contribution in [1.82, 2.24) is 0 Å². The van der Waals surface area contributed by atoms with Crippen LogP contribution in [0.2, 0.25) is 0 Å². The zero-order chi connectivity index (χ0) is 12.3. The molecule has 0 radical (unpaired) electrons. The highest BCUT2D eigenvalue weighted by Gasteiger charge is 2.18. The lowest BCUT2D eigenvalue weighted by molar-refractivity contribution is 0.407. The highest BCUT2D eigenvalue weighted by atomic mass is 79.9. The number of halogens is 1. The van der Waals surface area contributed by atoms with Gasteiger partial charge in [-0.05, 0) is 53.7 Å². The van der Waals surface area contributed by atoms with E-state index in [9.17, 15) is 0 Å². The first kappa shape index (κ1) is 12.7. The van der Waals surface area contributed by atoms with Gasteiger partial charge in [-0.1, -0.05) is 0 Å². The summed E-state index contributed by atoms with van der Waals surface area (Å²) in [7, 11) is 1.68. The second-order valence-electron chi connectivity index (χ2n) is 4.61. The standard InChI is InChI=1S/C13H19BrN2O/c1-17-13-8-11(6-7-12(13)14)16-10-4-2-9(15)3-5-10/h6-10,16H,2-5,15H2,1H3. The quantitative estimate of drug-likeness (QED) is 0.901. The van der Waals surface area contributed by atoms with Gasteiger partial charge in [0.2, 0.25) is 0 Å². The summed E-state index contributed by atoms with van der Waals surface area (Å²) >= 11 is 3.45. The zero-order valence-corrected chi connectivity index (χ0v) is 11.7. The van der Waals surface area contributed by atoms with E-state index >= 15 is 0 Å². The molecule has 1 aliphatic rings. The first-order chi connectivity index (χ1) is 8.19. The molecule has 0 amide bonds. The maximum absolute atomic E-state index is 5.90. The summed E-state index contributed by atoms with van der Waals surface area (Å²) in [5.41, 5.74) is 7.02. The fraction of sp³-hybridized carbons (Fsp3) is 0.538. The summed E-state index contributed by atoms with van der Waals surface area (Å²) in [5.74, 6) is 0.863. The molecule has 4 heteroatoms. The van der Waals surface area contributed by atoms with Crippen molar-refractivity contribution in [3.63, 3.8) is 0 Å². The Labute approximate surface area is 111 Å². The van der Waals surface area contributed by atoms with Crippen molar-refractivity contribution in [2.45, 2.75) is 37.8 Å². The van der Waals surface area contributed by atoms with Gasteiger partial charge in [-0.3, -0.25) is 0 Å². The van der Waals surface area contributed by atoms with E-state index in [1.807, 2.05) is 12.1 Å². The molecule has 0 aromatic heterocycles. The third kappa shape index (κ3) is 3.36. The Hall–Kier alpha value is -0.740. The average Bonchev–Trinajstić information content (AvgIpc) is 2.34. The van der Waals surface area contributed by atoms with Crippen LogP contribution in [0.3, 0.4) is 0 Å². The van der Waals surface area contributed by atoms with Crippen LogP contribution in [0.5, 0.6) is 5.75 Å². The van der Waals surface area contributed by atoms with Gasteiger partial charge >= 0.3 is 0 Å². The van der Waals surface area contributed by atoms with Gasteiger partial charge in [-0.25, -0.2) is 0 Å². The minimum absolute atomic E-state index is 0.396. The summed E-state index contributed by atoms with van der Waals surface area (Å²) in [6.07, 6.45) is 4.54. The molecule has 0 unspecified atom stereocenters. The lowest BCUT2D eigenvalue weighted by Crippen LogP contribution is -2.32. The maximum Gasteiger partial charge on any atom is 0.135 e.